The van der Waals surface area contributed by atoms with Gasteiger partial charge in [0, 0.05) is 0 Å². The van der Waals surface area contributed by atoms with E-state index in [1.165, 1.54) is 0 Å². The van der Waals surface area contributed by atoms with Crippen molar-refractivity contribution < 1.29 is 11.0 Å². The molecule has 0 aliphatic carbocycles. The fourth-order valence-corrected chi connectivity index (χ4v) is 1.46. The van der Waals surface area contributed by atoms with Crippen LogP contribution in [-0.2, 0) is 5.54 Å². The largest absolute Gasteiger partial charge is 0.412 e. The van der Waals surface area contributed by atoms with Gasteiger partial charge in [-0.2, -0.15) is 0 Å². The van der Waals surface area contributed by atoms with Crippen molar-refractivity contribution >= 4 is 18.5 Å². The second kappa shape index (κ2) is 6.27. The molecule has 2 rings (SSSR count). The smallest absolute Gasteiger partial charge is 0.245 e. The maximum Gasteiger partial charge on any atom is 0.245 e. The van der Waals surface area contributed by atoms with Crippen LogP contribution in [0, 0.1) is 0 Å². The van der Waals surface area contributed by atoms with Gasteiger partial charge in [0.2, 0.25) is 7.28 Å². The van der Waals surface area contributed by atoms with Gasteiger partial charge in [-0.1, -0.05) is 35.8 Å². The molecule has 1 heterocycles. The minimum Gasteiger partial charge on any atom is -0.412 e. The lowest BCUT2D eigenvalue weighted by atomic mass is 9.69. The number of tetrazole rings is 1. The normalized spacial score (nSPS) is 10.2. The zero-order valence-corrected chi connectivity index (χ0v) is 10.8. The molecule has 0 bridgehead atoms. The highest BCUT2D eigenvalue weighted by Gasteiger charge is 2.19. The van der Waals surface area contributed by atoms with E-state index in [1.807, 2.05) is 42.3 Å². The molecule has 0 unspecified atom stereocenters. The highest BCUT2D eigenvalue weighted by Crippen LogP contribution is 2.07. The summed E-state index contributed by atoms with van der Waals surface area (Å²) in [4.78, 5) is 0. The summed E-state index contributed by atoms with van der Waals surface area (Å²) >= 11 is 0. The van der Waals surface area contributed by atoms with Gasteiger partial charge in [-0.25, -0.2) is 4.68 Å². The molecule has 6 nitrogen and oxygen atoms in total. The number of benzene rings is 1. The van der Waals surface area contributed by atoms with Crippen molar-refractivity contribution in [2.75, 3.05) is 0 Å². The summed E-state index contributed by atoms with van der Waals surface area (Å²) < 4.78 is 1.82. The summed E-state index contributed by atoms with van der Waals surface area (Å²) in [5, 5.41) is 11.7. The Morgan fingerprint density at radius 1 is 1.06 bits per heavy atom. The van der Waals surface area contributed by atoms with E-state index >= 15 is 0 Å². The van der Waals surface area contributed by atoms with Crippen LogP contribution in [0.1, 0.15) is 20.8 Å². The second-order valence-electron chi connectivity index (χ2n) is 4.67. The van der Waals surface area contributed by atoms with Crippen molar-refractivity contribution in [1.82, 2.24) is 20.2 Å². The van der Waals surface area contributed by atoms with E-state index in [-0.39, 0.29) is 16.5 Å². The highest BCUT2D eigenvalue weighted by atomic mass is 16.0. The van der Waals surface area contributed by atoms with Crippen molar-refractivity contribution in [1.29, 1.82) is 0 Å². The minimum absolute atomic E-state index is 0. The van der Waals surface area contributed by atoms with Crippen molar-refractivity contribution in [3.63, 3.8) is 0 Å². The van der Waals surface area contributed by atoms with Crippen molar-refractivity contribution in [3.05, 3.63) is 30.3 Å². The zero-order chi connectivity index (χ0) is 11.6. The van der Waals surface area contributed by atoms with Gasteiger partial charge in [0.25, 0.3) is 0 Å². The fourth-order valence-electron chi connectivity index (χ4n) is 1.46. The van der Waals surface area contributed by atoms with Crippen molar-refractivity contribution in [3.8, 4) is 0 Å². The van der Waals surface area contributed by atoms with Gasteiger partial charge in [0.15, 0.2) is 0 Å². The van der Waals surface area contributed by atoms with Gasteiger partial charge in [0.1, 0.15) is 5.72 Å². The van der Waals surface area contributed by atoms with Crippen LogP contribution in [0.4, 0.5) is 0 Å². The molecule has 0 atom stereocenters. The van der Waals surface area contributed by atoms with E-state index in [0.717, 1.165) is 11.2 Å². The Hall–Kier alpha value is -1.73. The Morgan fingerprint density at radius 2 is 1.67 bits per heavy atom. The van der Waals surface area contributed by atoms with Gasteiger partial charge in [-0.05, 0) is 31.2 Å². The third-order valence-corrected chi connectivity index (χ3v) is 2.22. The molecule has 0 aliphatic rings. The van der Waals surface area contributed by atoms with Crippen LogP contribution in [0.5, 0.6) is 0 Å². The summed E-state index contributed by atoms with van der Waals surface area (Å²) in [6.07, 6.45) is 0. The SMILES string of the molecule is CC(C)(C)n1nnnc1[B]c1ccccc1.O.O. The van der Waals surface area contributed by atoms with Crippen LogP contribution in [-0.4, -0.2) is 38.4 Å². The van der Waals surface area contributed by atoms with Crippen LogP contribution in [0.2, 0.25) is 0 Å². The summed E-state index contributed by atoms with van der Waals surface area (Å²) in [7, 11) is 1.98. The predicted molar refractivity (Wildman–Crippen MR) is 71.5 cm³/mol. The summed E-state index contributed by atoms with van der Waals surface area (Å²) in [5.74, 6) is 0. The Bertz CT molecular complexity index is 467. The molecule has 0 fully saturated rings. The molecule has 1 aromatic carbocycles. The van der Waals surface area contributed by atoms with E-state index < -0.39 is 0 Å². The van der Waals surface area contributed by atoms with Gasteiger partial charge >= 0.3 is 0 Å². The molecule has 0 saturated heterocycles. The molecule has 0 spiro atoms. The van der Waals surface area contributed by atoms with E-state index in [1.54, 1.807) is 0 Å². The van der Waals surface area contributed by atoms with Crippen LogP contribution in [0.25, 0.3) is 0 Å². The van der Waals surface area contributed by atoms with Crippen LogP contribution < -0.4 is 11.2 Å². The monoisotopic (exact) mass is 249 g/mol. The first-order chi connectivity index (χ1) is 7.57. The average Bonchev–Trinajstić information content (AvgIpc) is 2.67. The molecule has 97 valence electrons. The number of hydrogen-bond acceptors (Lipinski definition) is 3. The third-order valence-electron chi connectivity index (χ3n) is 2.22. The van der Waals surface area contributed by atoms with Gasteiger partial charge in [-0.15, -0.1) is 5.10 Å². The summed E-state index contributed by atoms with van der Waals surface area (Å²) in [6, 6.07) is 10.0. The second-order valence-corrected chi connectivity index (χ2v) is 4.67. The molecule has 1 aromatic heterocycles. The first-order valence-electron chi connectivity index (χ1n) is 5.26. The van der Waals surface area contributed by atoms with Gasteiger partial charge in [-0.3, -0.25) is 0 Å². The molecule has 7 heteroatoms. The van der Waals surface area contributed by atoms with Crippen molar-refractivity contribution in [2.45, 2.75) is 26.3 Å². The maximum atomic E-state index is 4.02. The van der Waals surface area contributed by atoms with E-state index in [0.29, 0.717) is 0 Å². The Kier molecular flexibility index (Phi) is 5.67. The number of nitrogens with zero attached hydrogens (tertiary/aromatic N) is 4. The molecule has 0 amide bonds. The molecule has 2 aromatic rings. The lowest BCUT2D eigenvalue weighted by molar-refractivity contribution is 0.355. The third kappa shape index (κ3) is 3.64. The summed E-state index contributed by atoms with van der Waals surface area (Å²) in [5.41, 5.74) is 1.77. The first-order valence-corrected chi connectivity index (χ1v) is 5.26. The van der Waals surface area contributed by atoms with E-state index in [4.69, 9.17) is 0 Å². The fraction of sp³-hybridized carbons (Fsp3) is 0.364. The lowest BCUT2D eigenvalue weighted by Gasteiger charge is -2.19. The molecular weight excluding hydrogens is 231 g/mol. The average molecular weight is 249 g/mol. The molecule has 0 saturated carbocycles. The molecule has 18 heavy (non-hydrogen) atoms. The highest BCUT2D eigenvalue weighted by molar-refractivity contribution is 6.65. The number of aromatic nitrogens is 4. The lowest BCUT2D eigenvalue weighted by Crippen LogP contribution is -2.41. The molecule has 0 aliphatic heterocycles. The minimum atomic E-state index is -0.107. The van der Waals surface area contributed by atoms with Gasteiger partial charge in [0.05, 0.1) is 5.54 Å². The maximum absolute atomic E-state index is 4.02. The van der Waals surface area contributed by atoms with Crippen LogP contribution in [0.3, 0.4) is 0 Å². The Morgan fingerprint density at radius 3 is 2.22 bits per heavy atom. The first kappa shape index (κ1) is 16.3. The number of rotatable bonds is 2. The van der Waals surface area contributed by atoms with E-state index in [2.05, 4.69) is 36.3 Å². The van der Waals surface area contributed by atoms with Crippen LogP contribution >= 0.6 is 0 Å². The Labute approximate surface area is 107 Å². The number of hydrogen-bond donors (Lipinski definition) is 0. The molecule has 1 radical (unpaired) electrons. The predicted octanol–water partition coefficient (Wildman–Crippen LogP) is -1.57. The van der Waals surface area contributed by atoms with E-state index in [9.17, 15) is 0 Å². The van der Waals surface area contributed by atoms with Crippen molar-refractivity contribution in [2.24, 2.45) is 0 Å². The Balaban J connectivity index is 0.00000144. The summed E-state index contributed by atoms with van der Waals surface area (Å²) in [6.45, 7) is 6.23. The van der Waals surface area contributed by atoms with Gasteiger partial charge < -0.3 is 11.0 Å². The quantitative estimate of drug-likeness (QED) is 0.600. The molecule has 4 N–H and O–H groups in total. The standard InChI is InChI=1S/C11H14BN4.2H2O/c1-11(2,3)16-10(13-14-15-16)12-9-7-5-4-6-8-9;;/h4-8H,1-3H3;2*1H2. The topological polar surface area (TPSA) is 107 Å². The zero-order valence-electron chi connectivity index (χ0n) is 10.8. The van der Waals surface area contributed by atoms with Crippen LogP contribution in [0.15, 0.2) is 30.3 Å². The molecular formula is C11H18BN4O2.